The Hall–Kier alpha value is -3.03. The number of aliphatic hydroxyl groups is 1. The van der Waals surface area contributed by atoms with Gasteiger partial charge in [-0.05, 0) is 30.7 Å². The molecule has 8 heteroatoms. The Labute approximate surface area is 146 Å². The van der Waals surface area contributed by atoms with Crippen molar-refractivity contribution < 1.29 is 27.9 Å². The lowest BCUT2D eigenvalue weighted by atomic mass is 9.89. The molecule has 134 valence electrons. The van der Waals surface area contributed by atoms with Crippen molar-refractivity contribution in [2.45, 2.75) is 25.4 Å². The molecule has 1 aliphatic carbocycles. The number of hydrogen-bond donors (Lipinski definition) is 1. The van der Waals surface area contributed by atoms with Crippen LogP contribution in [0.5, 0.6) is 0 Å². The number of ketones is 2. The fourth-order valence-corrected chi connectivity index (χ4v) is 2.75. The Morgan fingerprint density at radius 1 is 1.08 bits per heavy atom. The summed E-state index contributed by atoms with van der Waals surface area (Å²) in [5.74, 6) is -1.70. The predicted molar refractivity (Wildman–Crippen MR) is 85.3 cm³/mol. The lowest BCUT2D eigenvalue weighted by Crippen LogP contribution is -2.21. The number of carbonyl (C=O) groups is 2. The van der Waals surface area contributed by atoms with E-state index in [2.05, 4.69) is 9.97 Å². The molecule has 0 fully saturated rings. The van der Waals surface area contributed by atoms with Gasteiger partial charge in [0.1, 0.15) is 17.0 Å². The molecule has 0 aromatic carbocycles. The highest BCUT2D eigenvalue weighted by Gasteiger charge is 2.35. The molecule has 1 aliphatic rings. The lowest BCUT2D eigenvalue weighted by molar-refractivity contribution is -0.141. The summed E-state index contributed by atoms with van der Waals surface area (Å²) in [6.07, 6.45) is -1.29. The molecule has 5 nitrogen and oxygen atoms in total. The van der Waals surface area contributed by atoms with Crippen molar-refractivity contribution in [1.82, 2.24) is 9.97 Å². The Morgan fingerprint density at radius 2 is 1.77 bits per heavy atom. The average molecular weight is 362 g/mol. The minimum Gasteiger partial charge on any atom is -0.511 e. The molecule has 26 heavy (non-hydrogen) atoms. The fourth-order valence-electron chi connectivity index (χ4n) is 2.75. The van der Waals surface area contributed by atoms with E-state index in [9.17, 15) is 27.9 Å². The molecule has 2 heterocycles. The van der Waals surface area contributed by atoms with Gasteiger partial charge in [-0.25, -0.2) is 4.98 Å². The predicted octanol–water partition coefficient (Wildman–Crippen LogP) is 3.91. The number of halogens is 3. The Kier molecular flexibility index (Phi) is 4.58. The molecular weight excluding hydrogens is 349 g/mol. The van der Waals surface area contributed by atoms with Gasteiger partial charge in [-0.1, -0.05) is 0 Å². The van der Waals surface area contributed by atoms with E-state index in [-0.39, 0.29) is 41.0 Å². The largest absolute Gasteiger partial charge is 0.511 e. The number of carbonyl (C=O) groups excluding carboxylic acids is 2. The third-order valence-corrected chi connectivity index (χ3v) is 4.00. The third kappa shape index (κ3) is 3.35. The number of pyridine rings is 2. The lowest BCUT2D eigenvalue weighted by Gasteiger charge is -2.16. The quantitative estimate of drug-likeness (QED) is 0.661. The van der Waals surface area contributed by atoms with Gasteiger partial charge < -0.3 is 5.11 Å². The maximum atomic E-state index is 13.0. The molecule has 0 unspecified atom stereocenters. The van der Waals surface area contributed by atoms with Crippen molar-refractivity contribution in [1.29, 1.82) is 0 Å². The number of aliphatic hydroxyl groups excluding tert-OH is 1. The highest BCUT2D eigenvalue weighted by molar-refractivity contribution is 6.28. The van der Waals surface area contributed by atoms with E-state index < -0.39 is 23.4 Å². The second-order valence-corrected chi connectivity index (χ2v) is 5.75. The molecule has 2 aromatic rings. The first-order valence-electron chi connectivity index (χ1n) is 7.77. The molecule has 3 rings (SSSR count). The zero-order valence-corrected chi connectivity index (χ0v) is 13.4. The van der Waals surface area contributed by atoms with Crippen LogP contribution in [0.2, 0.25) is 0 Å². The highest BCUT2D eigenvalue weighted by Crippen LogP contribution is 2.33. The van der Waals surface area contributed by atoms with E-state index in [1.807, 2.05) is 0 Å². The molecule has 2 aromatic heterocycles. The number of Topliss-reactive ketones (excluding diaryl/α,β-unsaturated/α-hetero) is 2. The first-order valence-corrected chi connectivity index (χ1v) is 7.77. The molecule has 0 atom stereocenters. The van der Waals surface area contributed by atoms with Crippen LogP contribution in [0.15, 0.2) is 48.0 Å². The van der Waals surface area contributed by atoms with Crippen LogP contribution < -0.4 is 0 Å². The number of nitrogens with zero attached hydrogens (tertiary/aromatic N) is 2. The number of aromatic nitrogens is 2. The monoisotopic (exact) mass is 362 g/mol. The number of rotatable bonds is 3. The normalized spacial score (nSPS) is 15.3. The van der Waals surface area contributed by atoms with Crippen LogP contribution in [0.3, 0.4) is 0 Å². The van der Waals surface area contributed by atoms with Gasteiger partial charge >= 0.3 is 6.18 Å². The summed E-state index contributed by atoms with van der Waals surface area (Å²) in [6, 6.07) is 4.49. The molecule has 1 N–H and O–H groups in total. The van der Waals surface area contributed by atoms with Crippen LogP contribution in [-0.4, -0.2) is 26.6 Å². The maximum absolute atomic E-state index is 13.0. The van der Waals surface area contributed by atoms with Crippen molar-refractivity contribution in [2.75, 3.05) is 0 Å². The van der Waals surface area contributed by atoms with Gasteiger partial charge in [-0.3, -0.25) is 14.6 Å². The van der Waals surface area contributed by atoms with Gasteiger partial charge in [0.15, 0.2) is 5.78 Å². The minimum absolute atomic E-state index is 0.101. The van der Waals surface area contributed by atoms with Crippen LogP contribution in [0.4, 0.5) is 13.2 Å². The van der Waals surface area contributed by atoms with Crippen molar-refractivity contribution in [3.63, 3.8) is 0 Å². The first kappa shape index (κ1) is 17.8. The van der Waals surface area contributed by atoms with Crippen LogP contribution in [0, 0.1) is 0 Å². The van der Waals surface area contributed by atoms with Crippen LogP contribution in [-0.2, 0) is 11.0 Å². The molecule has 0 saturated carbocycles. The van der Waals surface area contributed by atoms with Crippen molar-refractivity contribution >= 4 is 11.6 Å². The summed E-state index contributed by atoms with van der Waals surface area (Å²) >= 11 is 0. The molecule has 0 amide bonds. The smallest absolute Gasteiger partial charge is 0.433 e. The SMILES string of the molecule is O=C1CCCC(O)=C1C(=O)c1ccc(C(F)(F)F)nc1-c1ccncc1. The zero-order chi connectivity index (χ0) is 18.9. The van der Waals surface area contributed by atoms with Crippen LogP contribution >= 0.6 is 0 Å². The van der Waals surface area contributed by atoms with E-state index in [1.54, 1.807) is 0 Å². The zero-order valence-electron chi connectivity index (χ0n) is 13.4. The summed E-state index contributed by atoms with van der Waals surface area (Å²) in [5, 5.41) is 9.94. The fraction of sp³-hybridized carbons (Fsp3) is 0.222. The number of allylic oxidation sites excluding steroid dienone is 2. The van der Waals surface area contributed by atoms with Gasteiger partial charge in [0, 0.05) is 36.4 Å². The standard InChI is InChI=1S/C18H13F3N2O3/c19-18(20,21)14-5-4-11(16(23-14)10-6-8-22-9-7-10)17(26)15-12(24)2-1-3-13(15)25/h4-9,24H,1-3H2. The first-order chi connectivity index (χ1) is 12.3. The van der Waals surface area contributed by atoms with E-state index in [1.165, 1.54) is 24.5 Å². The van der Waals surface area contributed by atoms with E-state index in [0.29, 0.717) is 12.5 Å². The van der Waals surface area contributed by atoms with Crippen LogP contribution in [0.1, 0.15) is 35.3 Å². The molecule has 0 bridgehead atoms. The summed E-state index contributed by atoms with van der Waals surface area (Å²) < 4.78 is 39.1. The van der Waals surface area contributed by atoms with E-state index in [4.69, 9.17) is 0 Å². The third-order valence-electron chi connectivity index (χ3n) is 4.00. The average Bonchev–Trinajstić information content (AvgIpc) is 2.61. The van der Waals surface area contributed by atoms with Crippen molar-refractivity contribution in [3.8, 4) is 11.3 Å². The molecular formula is C18H13F3N2O3. The molecule has 0 radical (unpaired) electrons. The van der Waals surface area contributed by atoms with Gasteiger partial charge in [0.05, 0.1) is 5.69 Å². The summed E-state index contributed by atoms with van der Waals surface area (Å²) in [4.78, 5) is 32.2. The maximum Gasteiger partial charge on any atom is 0.433 e. The number of hydrogen-bond acceptors (Lipinski definition) is 5. The Bertz CT molecular complexity index is 906. The topological polar surface area (TPSA) is 80.1 Å². The van der Waals surface area contributed by atoms with E-state index >= 15 is 0 Å². The van der Waals surface area contributed by atoms with Crippen molar-refractivity contribution in [3.05, 3.63) is 59.2 Å². The second-order valence-electron chi connectivity index (χ2n) is 5.75. The summed E-state index contributed by atoms with van der Waals surface area (Å²) in [7, 11) is 0. The van der Waals surface area contributed by atoms with Gasteiger partial charge in [0.25, 0.3) is 0 Å². The highest BCUT2D eigenvalue weighted by atomic mass is 19.4. The Balaban J connectivity index is 2.18. The minimum atomic E-state index is -4.69. The summed E-state index contributed by atoms with van der Waals surface area (Å²) in [5.41, 5.74) is -1.69. The van der Waals surface area contributed by atoms with Gasteiger partial charge in [-0.15, -0.1) is 0 Å². The summed E-state index contributed by atoms with van der Waals surface area (Å²) in [6.45, 7) is 0. The second kappa shape index (κ2) is 6.70. The van der Waals surface area contributed by atoms with E-state index in [0.717, 1.165) is 6.07 Å². The molecule has 0 saturated heterocycles. The van der Waals surface area contributed by atoms with Crippen LogP contribution in [0.25, 0.3) is 11.3 Å². The molecule has 0 spiro atoms. The Morgan fingerprint density at radius 3 is 2.38 bits per heavy atom. The van der Waals surface area contributed by atoms with Gasteiger partial charge in [-0.2, -0.15) is 13.2 Å². The van der Waals surface area contributed by atoms with Crippen molar-refractivity contribution in [2.24, 2.45) is 0 Å². The molecule has 0 aliphatic heterocycles. The number of alkyl halides is 3. The van der Waals surface area contributed by atoms with Gasteiger partial charge in [0.2, 0.25) is 5.78 Å².